The second-order valence-electron chi connectivity index (χ2n) is 7.43. The largest absolute Gasteiger partial charge is 0.292 e. The summed E-state index contributed by atoms with van der Waals surface area (Å²) in [4.78, 5) is 2.37. The van der Waals surface area contributed by atoms with Crippen LogP contribution in [0, 0.1) is 19.7 Å². The first kappa shape index (κ1) is 19.3. The molecule has 5 nitrogen and oxygen atoms in total. The van der Waals surface area contributed by atoms with Gasteiger partial charge in [0.2, 0.25) is 0 Å². The van der Waals surface area contributed by atoms with E-state index in [-0.39, 0.29) is 5.82 Å². The van der Waals surface area contributed by atoms with Gasteiger partial charge in [0, 0.05) is 61.8 Å². The van der Waals surface area contributed by atoms with Crippen molar-refractivity contribution in [2.24, 2.45) is 14.1 Å². The molecule has 2 heterocycles. The average molecular weight is 369 g/mol. The van der Waals surface area contributed by atoms with E-state index in [4.69, 9.17) is 0 Å². The third kappa shape index (κ3) is 3.95. The van der Waals surface area contributed by atoms with Crippen molar-refractivity contribution < 1.29 is 4.39 Å². The molecular formula is C21H28FN5. The molecule has 3 aromatic rings. The molecule has 0 aliphatic rings. The summed E-state index contributed by atoms with van der Waals surface area (Å²) in [6.07, 6.45) is 1.99. The van der Waals surface area contributed by atoms with Crippen LogP contribution in [0.2, 0.25) is 0 Å². The summed E-state index contributed by atoms with van der Waals surface area (Å²) in [5, 5.41) is 9.07. The Morgan fingerprint density at radius 3 is 2.37 bits per heavy atom. The zero-order valence-corrected chi connectivity index (χ0v) is 17.0. The molecule has 2 aromatic heterocycles. The highest BCUT2D eigenvalue weighted by Gasteiger charge is 2.20. The molecule has 0 N–H and O–H groups in total. The molecule has 0 saturated heterocycles. The minimum Gasteiger partial charge on any atom is -0.292 e. The predicted molar refractivity (Wildman–Crippen MR) is 106 cm³/mol. The first-order valence-corrected chi connectivity index (χ1v) is 9.28. The van der Waals surface area contributed by atoms with Gasteiger partial charge in [0.25, 0.3) is 0 Å². The number of aryl methyl sites for hydroxylation is 3. The molecule has 0 amide bonds. The van der Waals surface area contributed by atoms with Gasteiger partial charge in [0.05, 0.1) is 11.4 Å². The van der Waals surface area contributed by atoms with E-state index >= 15 is 0 Å². The van der Waals surface area contributed by atoms with Crippen molar-refractivity contribution in [2.45, 2.75) is 46.8 Å². The van der Waals surface area contributed by atoms with Gasteiger partial charge in [0.1, 0.15) is 5.82 Å². The monoisotopic (exact) mass is 369 g/mol. The maximum absolute atomic E-state index is 14.3. The van der Waals surface area contributed by atoms with Gasteiger partial charge in [0.15, 0.2) is 0 Å². The molecule has 0 saturated carbocycles. The SMILES string of the molecule is Cc1nn(C)c(C)c1CN(Cc1cn(C)nc1-c1ccccc1F)C(C)C. The van der Waals surface area contributed by atoms with E-state index in [2.05, 4.69) is 42.8 Å². The maximum Gasteiger partial charge on any atom is 0.132 e. The van der Waals surface area contributed by atoms with Gasteiger partial charge in [-0.1, -0.05) is 12.1 Å². The third-order valence-corrected chi connectivity index (χ3v) is 5.16. The summed E-state index contributed by atoms with van der Waals surface area (Å²) in [7, 11) is 3.85. The Balaban J connectivity index is 1.93. The average Bonchev–Trinajstić information content (AvgIpc) is 3.08. The van der Waals surface area contributed by atoms with Gasteiger partial charge in [-0.05, 0) is 39.8 Å². The van der Waals surface area contributed by atoms with E-state index in [1.54, 1.807) is 16.8 Å². The van der Waals surface area contributed by atoms with Crippen molar-refractivity contribution in [3.05, 3.63) is 58.8 Å². The number of benzene rings is 1. The zero-order chi connectivity index (χ0) is 19.7. The van der Waals surface area contributed by atoms with Crippen molar-refractivity contribution >= 4 is 0 Å². The first-order valence-electron chi connectivity index (χ1n) is 9.28. The van der Waals surface area contributed by atoms with Crippen LogP contribution in [0.15, 0.2) is 30.5 Å². The highest BCUT2D eigenvalue weighted by molar-refractivity contribution is 5.63. The van der Waals surface area contributed by atoms with Crippen LogP contribution in [-0.2, 0) is 27.2 Å². The van der Waals surface area contributed by atoms with E-state index < -0.39 is 0 Å². The molecule has 0 spiro atoms. The Labute approximate surface area is 160 Å². The quantitative estimate of drug-likeness (QED) is 0.660. The lowest BCUT2D eigenvalue weighted by atomic mass is 10.1. The molecule has 0 fully saturated rings. The minimum atomic E-state index is -0.243. The van der Waals surface area contributed by atoms with Gasteiger partial charge < -0.3 is 0 Å². The number of halogens is 1. The second-order valence-corrected chi connectivity index (χ2v) is 7.43. The zero-order valence-electron chi connectivity index (χ0n) is 17.0. The van der Waals surface area contributed by atoms with Crippen LogP contribution in [0.3, 0.4) is 0 Å². The van der Waals surface area contributed by atoms with Gasteiger partial charge >= 0.3 is 0 Å². The first-order chi connectivity index (χ1) is 12.8. The van der Waals surface area contributed by atoms with Gasteiger partial charge in [-0.15, -0.1) is 0 Å². The molecule has 1 aromatic carbocycles. The molecule has 27 heavy (non-hydrogen) atoms. The predicted octanol–water partition coefficient (Wildman–Crippen LogP) is 3.99. The van der Waals surface area contributed by atoms with Crippen molar-refractivity contribution in [3.8, 4) is 11.3 Å². The standard InChI is InChI=1S/C21H28FN5/c1-14(2)27(13-19-15(3)23-26(6)16(19)4)12-17-11-25(5)24-21(17)18-9-7-8-10-20(18)22/h7-11,14H,12-13H2,1-6H3. The van der Waals surface area contributed by atoms with E-state index in [0.29, 0.717) is 23.8 Å². The maximum atomic E-state index is 14.3. The fraction of sp³-hybridized carbons (Fsp3) is 0.429. The van der Waals surface area contributed by atoms with Crippen LogP contribution in [0.25, 0.3) is 11.3 Å². The third-order valence-electron chi connectivity index (χ3n) is 5.16. The number of hydrogen-bond acceptors (Lipinski definition) is 3. The summed E-state index contributed by atoms with van der Waals surface area (Å²) < 4.78 is 18.0. The number of aromatic nitrogens is 4. The van der Waals surface area contributed by atoms with Crippen LogP contribution < -0.4 is 0 Å². The lowest BCUT2D eigenvalue weighted by molar-refractivity contribution is 0.203. The molecule has 144 valence electrons. The summed E-state index contributed by atoms with van der Waals surface area (Å²) in [6, 6.07) is 7.15. The Bertz CT molecular complexity index is 938. The van der Waals surface area contributed by atoms with Crippen molar-refractivity contribution in [3.63, 3.8) is 0 Å². The van der Waals surface area contributed by atoms with Crippen LogP contribution in [0.4, 0.5) is 4.39 Å². The fourth-order valence-corrected chi connectivity index (χ4v) is 3.42. The van der Waals surface area contributed by atoms with Crippen LogP contribution in [0.1, 0.15) is 36.4 Å². The summed E-state index contributed by atoms with van der Waals surface area (Å²) in [6.45, 7) is 10.0. The van der Waals surface area contributed by atoms with Crippen LogP contribution in [-0.4, -0.2) is 30.5 Å². The molecule has 0 radical (unpaired) electrons. The van der Waals surface area contributed by atoms with Crippen molar-refractivity contribution in [2.75, 3.05) is 0 Å². The van der Waals surface area contributed by atoms with Gasteiger partial charge in [-0.25, -0.2) is 4.39 Å². The van der Waals surface area contributed by atoms with Gasteiger partial charge in [-0.3, -0.25) is 14.3 Å². The highest BCUT2D eigenvalue weighted by atomic mass is 19.1. The van der Waals surface area contributed by atoms with E-state index in [1.165, 1.54) is 17.3 Å². The van der Waals surface area contributed by atoms with Crippen molar-refractivity contribution in [1.82, 2.24) is 24.5 Å². The molecule has 0 aliphatic heterocycles. The van der Waals surface area contributed by atoms with Crippen LogP contribution >= 0.6 is 0 Å². The van der Waals surface area contributed by atoms with E-state index in [9.17, 15) is 4.39 Å². The van der Waals surface area contributed by atoms with Crippen molar-refractivity contribution in [1.29, 1.82) is 0 Å². The normalized spacial score (nSPS) is 11.7. The molecule has 0 unspecified atom stereocenters. The Kier molecular flexibility index (Phi) is 5.46. The Hall–Kier alpha value is -2.47. The van der Waals surface area contributed by atoms with Crippen LogP contribution in [0.5, 0.6) is 0 Å². The van der Waals surface area contributed by atoms with E-state index in [1.807, 2.05) is 31.0 Å². The molecule has 6 heteroatoms. The molecule has 0 atom stereocenters. The van der Waals surface area contributed by atoms with Gasteiger partial charge in [-0.2, -0.15) is 10.2 Å². The Morgan fingerprint density at radius 1 is 1.07 bits per heavy atom. The summed E-state index contributed by atoms with van der Waals surface area (Å²) >= 11 is 0. The smallest absolute Gasteiger partial charge is 0.132 e. The molecule has 0 aliphatic carbocycles. The number of rotatable bonds is 6. The second kappa shape index (κ2) is 7.64. The van der Waals surface area contributed by atoms with E-state index in [0.717, 1.165) is 17.8 Å². The molecule has 3 rings (SSSR count). The molecular weight excluding hydrogens is 341 g/mol. The number of hydrogen-bond donors (Lipinski definition) is 0. The summed E-state index contributed by atoms with van der Waals surface area (Å²) in [5.74, 6) is -0.243. The fourth-order valence-electron chi connectivity index (χ4n) is 3.42. The Morgan fingerprint density at radius 2 is 1.78 bits per heavy atom. The number of nitrogens with zero attached hydrogens (tertiary/aromatic N) is 5. The summed E-state index contributed by atoms with van der Waals surface area (Å²) in [5.41, 5.74) is 5.77. The lowest BCUT2D eigenvalue weighted by Gasteiger charge is -2.26. The highest BCUT2D eigenvalue weighted by Crippen LogP contribution is 2.27. The topological polar surface area (TPSA) is 38.9 Å². The lowest BCUT2D eigenvalue weighted by Crippen LogP contribution is -2.30. The minimum absolute atomic E-state index is 0.243. The molecule has 0 bridgehead atoms.